The van der Waals surface area contributed by atoms with Crippen molar-refractivity contribution in [2.45, 2.75) is 0 Å². The van der Waals surface area contributed by atoms with Crippen molar-refractivity contribution < 1.29 is 9.59 Å². The molecule has 112 valence electrons. The molecule has 3 amide bonds. The number of hydrogen-bond donors (Lipinski definition) is 3. The maximum absolute atomic E-state index is 11.9. The van der Waals surface area contributed by atoms with Crippen LogP contribution in [0, 0.1) is 12.3 Å². The van der Waals surface area contributed by atoms with E-state index in [2.05, 4.69) is 21.9 Å². The van der Waals surface area contributed by atoms with Crippen LogP contribution in [-0.2, 0) is 4.79 Å². The van der Waals surface area contributed by atoms with Gasteiger partial charge in [0.25, 0.3) is 0 Å². The highest BCUT2D eigenvalue weighted by Crippen LogP contribution is 2.31. The van der Waals surface area contributed by atoms with E-state index in [1.54, 1.807) is 11.3 Å². The van der Waals surface area contributed by atoms with Crippen molar-refractivity contribution in [1.82, 2.24) is 10.6 Å². The van der Waals surface area contributed by atoms with Gasteiger partial charge >= 0.3 is 6.03 Å². The molecule has 0 spiro atoms. The predicted molar refractivity (Wildman–Crippen MR) is 88.6 cm³/mol. The zero-order valence-corrected chi connectivity index (χ0v) is 12.6. The molecule has 22 heavy (non-hydrogen) atoms. The zero-order chi connectivity index (χ0) is 15.8. The molecule has 0 aliphatic carbocycles. The van der Waals surface area contributed by atoms with Crippen molar-refractivity contribution in [3.63, 3.8) is 0 Å². The zero-order valence-electron chi connectivity index (χ0n) is 11.8. The summed E-state index contributed by atoms with van der Waals surface area (Å²) in [5.41, 5.74) is 1.62. The minimum atomic E-state index is -0.445. The number of amides is 3. The Labute approximate surface area is 132 Å². The second-order valence-corrected chi connectivity index (χ2v) is 5.26. The quantitative estimate of drug-likeness (QED) is 0.741. The first-order valence-corrected chi connectivity index (χ1v) is 7.46. The standard InChI is InChI=1S/C16H15N3O2S/c1-2-9-17-15(20)11-18-16(21)19-13-7-4-3-6-12(13)14-8-5-10-22-14/h1,3-8,10H,9,11H2,(H,17,20)(H2,18,19,21). The number of carbonyl (C=O) groups is 2. The first-order valence-electron chi connectivity index (χ1n) is 6.58. The Balaban J connectivity index is 1.95. The lowest BCUT2D eigenvalue weighted by Crippen LogP contribution is -2.39. The molecule has 2 rings (SSSR count). The Morgan fingerprint density at radius 1 is 1.14 bits per heavy atom. The van der Waals surface area contributed by atoms with Gasteiger partial charge in [0.2, 0.25) is 5.91 Å². The van der Waals surface area contributed by atoms with Crippen molar-refractivity contribution >= 4 is 29.0 Å². The third-order valence-corrected chi connectivity index (χ3v) is 3.66. The van der Waals surface area contributed by atoms with Crippen LogP contribution < -0.4 is 16.0 Å². The summed E-state index contributed by atoms with van der Waals surface area (Å²) >= 11 is 1.59. The highest BCUT2D eigenvalue weighted by molar-refractivity contribution is 7.13. The molecule has 1 aromatic heterocycles. The SMILES string of the molecule is C#CCNC(=O)CNC(=O)Nc1ccccc1-c1cccs1. The maximum Gasteiger partial charge on any atom is 0.319 e. The van der Waals surface area contributed by atoms with Crippen LogP contribution in [0.2, 0.25) is 0 Å². The summed E-state index contributed by atoms with van der Waals surface area (Å²) in [5, 5.41) is 9.68. The smallest absolute Gasteiger partial charge is 0.319 e. The summed E-state index contributed by atoms with van der Waals surface area (Å²) in [5.74, 6) is 1.96. The van der Waals surface area contributed by atoms with E-state index in [4.69, 9.17) is 6.42 Å². The van der Waals surface area contributed by atoms with Gasteiger partial charge in [-0.05, 0) is 17.5 Å². The maximum atomic E-state index is 11.9. The number of terminal acetylenes is 1. The molecule has 0 bridgehead atoms. The second kappa shape index (κ2) is 7.86. The first-order chi connectivity index (χ1) is 10.7. The summed E-state index contributed by atoms with van der Waals surface area (Å²) in [6.45, 7) is 0.0119. The van der Waals surface area contributed by atoms with Gasteiger partial charge in [0, 0.05) is 10.4 Å². The molecule has 5 nitrogen and oxygen atoms in total. The highest BCUT2D eigenvalue weighted by Gasteiger charge is 2.09. The Hall–Kier alpha value is -2.78. The molecule has 0 aliphatic rings. The molecule has 1 aromatic carbocycles. The summed E-state index contributed by atoms with van der Waals surface area (Å²) in [6, 6.07) is 11.0. The summed E-state index contributed by atoms with van der Waals surface area (Å²) < 4.78 is 0. The van der Waals surface area contributed by atoms with Gasteiger partial charge in [0.1, 0.15) is 0 Å². The van der Waals surface area contributed by atoms with Crippen LogP contribution in [0.25, 0.3) is 10.4 Å². The van der Waals surface area contributed by atoms with Gasteiger partial charge in [0.05, 0.1) is 18.8 Å². The molecule has 1 heterocycles. The summed E-state index contributed by atoms with van der Waals surface area (Å²) in [7, 11) is 0. The van der Waals surface area contributed by atoms with E-state index in [1.165, 1.54) is 0 Å². The lowest BCUT2D eigenvalue weighted by atomic mass is 10.1. The summed E-state index contributed by atoms with van der Waals surface area (Å²) in [4.78, 5) is 24.3. The Morgan fingerprint density at radius 2 is 1.95 bits per heavy atom. The Morgan fingerprint density at radius 3 is 2.68 bits per heavy atom. The Kier molecular flexibility index (Phi) is 5.57. The lowest BCUT2D eigenvalue weighted by molar-refractivity contribution is -0.119. The molecule has 2 aromatic rings. The fourth-order valence-corrected chi connectivity index (χ4v) is 2.54. The molecule has 0 fully saturated rings. The molecule has 0 atom stereocenters. The van der Waals surface area contributed by atoms with E-state index in [-0.39, 0.29) is 19.0 Å². The first kappa shape index (κ1) is 15.6. The molecule has 0 radical (unpaired) electrons. The highest BCUT2D eigenvalue weighted by atomic mass is 32.1. The number of hydrogen-bond acceptors (Lipinski definition) is 3. The minimum absolute atomic E-state index is 0.130. The van der Waals surface area contributed by atoms with Crippen LogP contribution in [0.15, 0.2) is 41.8 Å². The largest absolute Gasteiger partial charge is 0.344 e. The molecule has 0 unspecified atom stereocenters. The van der Waals surface area contributed by atoms with Gasteiger partial charge in [-0.1, -0.05) is 30.2 Å². The van der Waals surface area contributed by atoms with Crippen molar-refractivity contribution in [2.24, 2.45) is 0 Å². The van der Waals surface area contributed by atoms with Crippen molar-refractivity contribution in [3.8, 4) is 22.8 Å². The third kappa shape index (κ3) is 4.36. The monoisotopic (exact) mass is 313 g/mol. The normalized spacial score (nSPS) is 9.59. The van der Waals surface area contributed by atoms with Crippen LogP contribution in [0.3, 0.4) is 0 Å². The van der Waals surface area contributed by atoms with E-state index in [0.717, 1.165) is 10.4 Å². The lowest BCUT2D eigenvalue weighted by Gasteiger charge is -2.11. The van der Waals surface area contributed by atoms with E-state index < -0.39 is 6.03 Å². The number of carbonyl (C=O) groups excluding carboxylic acids is 2. The van der Waals surface area contributed by atoms with Gasteiger partial charge in [-0.2, -0.15) is 0 Å². The van der Waals surface area contributed by atoms with Crippen LogP contribution in [-0.4, -0.2) is 25.0 Å². The van der Waals surface area contributed by atoms with Crippen molar-refractivity contribution in [2.75, 3.05) is 18.4 Å². The van der Waals surface area contributed by atoms with Crippen LogP contribution >= 0.6 is 11.3 Å². The van der Waals surface area contributed by atoms with Gasteiger partial charge < -0.3 is 16.0 Å². The Bertz CT molecular complexity index is 690. The van der Waals surface area contributed by atoms with Crippen molar-refractivity contribution in [3.05, 3.63) is 41.8 Å². The van der Waals surface area contributed by atoms with Gasteiger partial charge in [0.15, 0.2) is 0 Å². The average molecular weight is 313 g/mol. The van der Waals surface area contributed by atoms with E-state index >= 15 is 0 Å². The van der Waals surface area contributed by atoms with Gasteiger partial charge in [-0.3, -0.25) is 4.79 Å². The molecule has 0 saturated heterocycles. The third-order valence-electron chi connectivity index (χ3n) is 2.76. The number of benzene rings is 1. The topological polar surface area (TPSA) is 70.2 Å². The minimum Gasteiger partial charge on any atom is -0.344 e. The van der Waals surface area contributed by atoms with E-state index in [0.29, 0.717) is 5.69 Å². The number of rotatable bonds is 5. The van der Waals surface area contributed by atoms with Gasteiger partial charge in [-0.25, -0.2) is 4.79 Å². The van der Waals surface area contributed by atoms with Crippen LogP contribution in [0.1, 0.15) is 0 Å². The number of nitrogens with one attached hydrogen (secondary N) is 3. The molecule has 0 aliphatic heterocycles. The fourth-order valence-electron chi connectivity index (χ4n) is 1.78. The number of thiophene rings is 1. The molecule has 0 saturated carbocycles. The van der Waals surface area contributed by atoms with Crippen LogP contribution in [0.5, 0.6) is 0 Å². The number of urea groups is 1. The second-order valence-electron chi connectivity index (χ2n) is 4.31. The average Bonchev–Trinajstić information content (AvgIpc) is 3.05. The molecule has 3 N–H and O–H groups in total. The van der Waals surface area contributed by atoms with E-state index in [9.17, 15) is 9.59 Å². The van der Waals surface area contributed by atoms with Crippen LogP contribution in [0.4, 0.5) is 10.5 Å². The van der Waals surface area contributed by atoms with Gasteiger partial charge in [-0.15, -0.1) is 17.8 Å². The van der Waals surface area contributed by atoms with E-state index in [1.807, 2.05) is 41.8 Å². The predicted octanol–water partition coefficient (Wildman–Crippen LogP) is 2.29. The molecule has 6 heteroatoms. The molecular weight excluding hydrogens is 298 g/mol. The fraction of sp³-hybridized carbons (Fsp3) is 0.125. The molecular formula is C16H15N3O2S. The number of anilines is 1. The van der Waals surface area contributed by atoms with Crippen molar-refractivity contribution in [1.29, 1.82) is 0 Å². The summed E-state index contributed by atoms with van der Waals surface area (Å²) in [6.07, 6.45) is 5.03. The number of para-hydroxylation sites is 1.